The van der Waals surface area contributed by atoms with Crippen LogP contribution >= 0.6 is 0 Å². The zero-order chi connectivity index (χ0) is 11.8. The summed E-state index contributed by atoms with van der Waals surface area (Å²) < 4.78 is 0. The lowest BCUT2D eigenvalue weighted by Crippen LogP contribution is -2.15. The van der Waals surface area contributed by atoms with Crippen molar-refractivity contribution in [1.29, 1.82) is 0 Å². The Bertz CT molecular complexity index is 127. The minimum absolute atomic E-state index is 0.827. The molecule has 0 heterocycles. The molecule has 0 spiro atoms. The molecule has 0 aromatic rings. The maximum atomic E-state index is 2.40. The molecule has 0 saturated heterocycles. The Morgan fingerprint density at radius 1 is 0.733 bits per heavy atom. The first-order valence-electron chi connectivity index (χ1n) is 6.89. The molecule has 91 valence electrons. The van der Waals surface area contributed by atoms with Crippen LogP contribution in [-0.4, -0.2) is 0 Å². The summed E-state index contributed by atoms with van der Waals surface area (Å²) in [5.41, 5.74) is 0. The molecule has 0 fully saturated rings. The van der Waals surface area contributed by atoms with Crippen LogP contribution in [-0.2, 0) is 0 Å². The Hall–Kier alpha value is 0. The summed E-state index contributed by atoms with van der Waals surface area (Å²) in [6, 6.07) is 0. The lowest BCUT2D eigenvalue weighted by atomic mass is 9.78. The van der Waals surface area contributed by atoms with Crippen molar-refractivity contribution >= 4 is 0 Å². The van der Waals surface area contributed by atoms with Gasteiger partial charge in [0.25, 0.3) is 0 Å². The topological polar surface area (TPSA) is 0 Å². The molecule has 0 bridgehead atoms. The first kappa shape index (κ1) is 15.0. The molecule has 3 atom stereocenters. The van der Waals surface area contributed by atoms with Crippen molar-refractivity contribution in [3.63, 3.8) is 0 Å². The fourth-order valence-electron chi connectivity index (χ4n) is 1.96. The molecule has 3 unspecified atom stereocenters. The third-order valence-electron chi connectivity index (χ3n) is 3.92. The van der Waals surface area contributed by atoms with Gasteiger partial charge in [-0.05, 0) is 36.5 Å². The summed E-state index contributed by atoms with van der Waals surface area (Å²) in [5, 5.41) is 0. The first-order valence-corrected chi connectivity index (χ1v) is 6.89. The smallest absolute Gasteiger partial charge is 0.0208 e. The summed E-state index contributed by atoms with van der Waals surface area (Å²) in [6.45, 7) is 14.1. The lowest BCUT2D eigenvalue weighted by molar-refractivity contribution is 0.384. The molecule has 0 aliphatic heterocycles. The molecule has 0 aliphatic carbocycles. The van der Waals surface area contributed by atoms with E-state index < -0.39 is 0 Å². The molecule has 0 N–H and O–H groups in total. The van der Waals surface area contributed by atoms with E-state index in [9.17, 15) is 0 Å². The molecule has 0 rings (SSSR count). The number of rotatable bonds is 8. The molecule has 0 aliphatic rings. The van der Waals surface area contributed by atoms with Crippen LogP contribution < -0.4 is 0 Å². The van der Waals surface area contributed by atoms with Gasteiger partial charge >= 0.3 is 0 Å². The monoisotopic (exact) mass is 211 g/mol. The molecule has 0 amide bonds. The van der Waals surface area contributed by atoms with Crippen LogP contribution in [0.3, 0.4) is 0 Å². The van der Waals surface area contributed by atoms with Crippen molar-refractivity contribution in [2.45, 2.75) is 73.6 Å². The second-order valence-electron chi connectivity index (χ2n) is 5.40. The molecule has 0 aromatic heterocycles. The third-order valence-corrected chi connectivity index (χ3v) is 3.92. The summed E-state index contributed by atoms with van der Waals surface area (Å²) in [6.07, 6.45) is 6.66. The second-order valence-corrected chi connectivity index (χ2v) is 5.40. The lowest BCUT2D eigenvalue weighted by Gasteiger charge is -2.27. The van der Waals surface area contributed by atoms with E-state index in [1.54, 1.807) is 0 Å². The molecule has 1 radical (unpaired) electrons. The van der Waals surface area contributed by atoms with E-state index in [0.717, 1.165) is 17.8 Å². The third kappa shape index (κ3) is 6.22. The average molecular weight is 211 g/mol. The molecular weight excluding hydrogens is 180 g/mol. The van der Waals surface area contributed by atoms with E-state index >= 15 is 0 Å². The Morgan fingerprint density at radius 3 is 1.40 bits per heavy atom. The normalized spacial score (nSPS) is 17.8. The summed E-state index contributed by atoms with van der Waals surface area (Å²) in [4.78, 5) is 0. The first-order chi connectivity index (χ1) is 7.04. The average Bonchev–Trinajstić information content (AvgIpc) is 2.26. The van der Waals surface area contributed by atoms with E-state index in [-0.39, 0.29) is 0 Å². The van der Waals surface area contributed by atoms with Crippen LogP contribution in [0.5, 0.6) is 0 Å². The van der Waals surface area contributed by atoms with Gasteiger partial charge in [0.15, 0.2) is 0 Å². The Labute approximate surface area is 97.8 Å². The van der Waals surface area contributed by atoms with Gasteiger partial charge in [-0.3, -0.25) is 0 Å². The zero-order valence-corrected chi connectivity index (χ0v) is 11.8. The Kier molecular flexibility index (Phi) is 8.19. The summed E-state index contributed by atoms with van der Waals surface area (Å²) >= 11 is 0. The van der Waals surface area contributed by atoms with Crippen LogP contribution in [0.15, 0.2) is 0 Å². The number of hydrogen-bond donors (Lipinski definition) is 0. The van der Waals surface area contributed by atoms with E-state index in [0.29, 0.717) is 0 Å². The van der Waals surface area contributed by atoms with Gasteiger partial charge in [0.1, 0.15) is 0 Å². The van der Waals surface area contributed by atoms with Crippen LogP contribution in [0.25, 0.3) is 0 Å². The van der Waals surface area contributed by atoms with Crippen molar-refractivity contribution < 1.29 is 0 Å². The standard InChI is InChI=1S/C15H31/c1-7-12(4)10-15(14(6)9-3)11-13(5)8-2/h12-14H,7-11H2,1-6H3. The fraction of sp³-hybridized carbons (Fsp3) is 0.933. The quantitative estimate of drug-likeness (QED) is 0.499. The van der Waals surface area contributed by atoms with Gasteiger partial charge in [-0.15, -0.1) is 0 Å². The highest BCUT2D eigenvalue weighted by atomic mass is 14.3. The highest BCUT2D eigenvalue weighted by molar-refractivity contribution is 4.96. The highest BCUT2D eigenvalue weighted by Crippen LogP contribution is 2.32. The van der Waals surface area contributed by atoms with Crippen molar-refractivity contribution in [3.05, 3.63) is 5.92 Å². The maximum absolute atomic E-state index is 2.40. The summed E-state index contributed by atoms with van der Waals surface area (Å²) in [7, 11) is 0. The van der Waals surface area contributed by atoms with E-state index in [4.69, 9.17) is 0 Å². The van der Waals surface area contributed by atoms with E-state index in [1.807, 2.05) is 5.92 Å². The minimum atomic E-state index is 0.827. The molecule has 15 heavy (non-hydrogen) atoms. The van der Waals surface area contributed by atoms with Gasteiger partial charge in [0, 0.05) is 0 Å². The molecule has 0 aromatic carbocycles. The van der Waals surface area contributed by atoms with E-state index in [1.165, 1.54) is 32.1 Å². The molecule has 0 saturated carbocycles. The van der Waals surface area contributed by atoms with Gasteiger partial charge in [0.2, 0.25) is 0 Å². The van der Waals surface area contributed by atoms with Crippen LogP contribution in [0.2, 0.25) is 0 Å². The zero-order valence-electron chi connectivity index (χ0n) is 11.8. The Balaban J connectivity index is 4.17. The second kappa shape index (κ2) is 8.19. The van der Waals surface area contributed by atoms with Crippen molar-refractivity contribution in [3.8, 4) is 0 Å². The van der Waals surface area contributed by atoms with Crippen LogP contribution in [0.4, 0.5) is 0 Å². The van der Waals surface area contributed by atoms with Gasteiger partial charge in [-0.2, -0.15) is 0 Å². The van der Waals surface area contributed by atoms with Gasteiger partial charge in [0.05, 0.1) is 0 Å². The highest BCUT2D eigenvalue weighted by Gasteiger charge is 2.20. The van der Waals surface area contributed by atoms with Gasteiger partial charge in [-0.1, -0.05) is 60.8 Å². The van der Waals surface area contributed by atoms with E-state index in [2.05, 4.69) is 41.5 Å². The molecule has 0 heteroatoms. The van der Waals surface area contributed by atoms with Crippen molar-refractivity contribution in [1.82, 2.24) is 0 Å². The fourth-order valence-corrected chi connectivity index (χ4v) is 1.96. The predicted octanol–water partition coefficient (Wildman–Crippen LogP) is 5.48. The van der Waals surface area contributed by atoms with Crippen molar-refractivity contribution in [2.75, 3.05) is 0 Å². The number of hydrogen-bond acceptors (Lipinski definition) is 0. The maximum Gasteiger partial charge on any atom is -0.0208 e. The molecular formula is C15H31. The SMILES string of the molecule is CCC(C)C[C](CC(C)CC)C(C)CC. The van der Waals surface area contributed by atoms with Gasteiger partial charge < -0.3 is 0 Å². The largest absolute Gasteiger partial charge is 0.0651 e. The predicted molar refractivity (Wildman–Crippen MR) is 70.8 cm³/mol. The Morgan fingerprint density at radius 2 is 1.13 bits per heavy atom. The van der Waals surface area contributed by atoms with Crippen molar-refractivity contribution in [2.24, 2.45) is 17.8 Å². The van der Waals surface area contributed by atoms with Crippen LogP contribution in [0, 0.1) is 23.7 Å². The molecule has 0 nitrogen and oxygen atoms in total. The van der Waals surface area contributed by atoms with Crippen LogP contribution in [0.1, 0.15) is 73.6 Å². The summed E-state index contributed by atoms with van der Waals surface area (Å²) in [5.74, 6) is 4.39. The minimum Gasteiger partial charge on any atom is -0.0651 e. The van der Waals surface area contributed by atoms with Gasteiger partial charge in [-0.25, -0.2) is 0 Å².